The van der Waals surface area contributed by atoms with Gasteiger partial charge in [-0.15, -0.1) is 11.8 Å². The highest BCUT2D eigenvalue weighted by atomic mass is 32.2. The van der Waals surface area contributed by atoms with Crippen molar-refractivity contribution < 1.29 is 9.90 Å². The minimum absolute atomic E-state index is 0.0384. The van der Waals surface area contributed by atoms with E-state index in [9.17, 15) is 4.79 Å². The summed E-state index contributed by atoms with van der Waals surface area (Å²) in [4.78, 5) is 11.5. The van der Waals surface area contributed by atoms with E-state index < -0.39 is 0 Å². The van der Waals surface area contributed by atoms with Gasteiger partial charge >= 0.3 is 0 Å². The minimum Gasteiger partial charge on any atom is -0.394 e. The molecule has 0 spiro atoms. The molecule has 0 radical (unpaired) electrons. The molecule has 0 heterocycles. The fourth-order valence-electron chi connectivity index (χ4n) is 1.09. The second-order valence-electron chi connectivity index (χ2n) is 4.89. The monoisotopic (exact) mass is 217 g/mol. The van der Waals surface area contributed by atoms with E-state index in [1.165, 1.54) is 0 Å². The number of nitrogens with one attached hydrogen (secondary N) is 1. The van der Waals surface area contributed by atoms with Gasteiger partial charge in [-0.1, -0.05) is 20.8 Å². The van der Waals surface area contributed by atoms with Gasteiger partial charge in [0.25, 0.3) is 0 Å². The quantitative estimate of drug-likeness (QED) is 0.743. The smallest absolute Gasteiger partial charge is 0.230 e. The van der Waals surface area contributed by atoms with Crippen molar-refractivity contribution >= 4 is 17.7 Å². The Balaban J connectivity index is 2.23. The molecule has 0 unspecified atom stereocenters. The molecule has 1 fully saturated rings. The third-order valence-corrected chi connectivity index (χ3v) is 3.47. The van der Waals surface area contributed by atoms with Crippen molar-refractivity contribution in [1.29, 1.82) is 0 Å². The number of hydrogen-bond acceptors (Lipinski definition) is 3. The highest BCUT2D eigenvalue weighted by molar-refractivity contribution is 8.01. The zero-order valence-corrected chi connectivity index (χ0v) is 9.91. The zero-order chi connectivity index (χ0) is 10.8. The van der Waals surface area contributed by atoms with Crippen molar-refractivity contribution in [2.75, 3.05) is 12.4 Å². The molecule has 4 heteroatoms. The highest BCUT2D eigenvalue weighted by Gasteiger charge is 2.43. The Morgan fingerprint density at radius 3 is 2.43 bits per heavy atom. The van der Waals surface area contributed by atoms with Gasteiger partial charge in [-0.25, -0.2) is 0 Å². The Hall–Kier alpha value is -0.220. The normalized spacial score (nSPS) is 19.1. The van der Waals surface area contributed by atoms with Crippen molar-refractivity contribution in [3.63, 3.8) is 0 Å². The molecule has 14 heavy (non-hydrogen) atoms. The van der Waals surface area contributed by atoms with Crippen LogP contribution in [0.15, 0.2) is 0 Å². The zero-order valence-electron chi connectivity index (χ0n) is 9.09. The lowest BCUT2D eigenvalue weighted by Gasteiger charge is -2.19. The Morgan fingerprint density at radius 2 is 2.07 bits per heavy atom. The van der Waals surface area contributed by atoms with E-state index in [2.05, 4.69) is 26.1 Å². The summed E-state index contributed by atoms with van der Waals surface area (Å²) in [5.74, 6) is 0.516. The molecule has 1 saturated carbocycles. The van der Waals surface area contributed by atoms with Crippen LogP contribution in [0.25, 0.3) is 0 Å². The van der Waals surface area contributed by atoms with Gasteiger partial charge in [-0.3, -0.25) is 4.79 Å². The van der Waals surface area contributed by atoms with Gasteiger partial charge in [0.05, 0.1) is 17.9 Å². The second kappa shape index (κ2) is 4.11. The standard InChI is InChI=1S/C10H19NO2S/c1-9(2,3)14-6-8(13)11-10(7-12)4-5-10/h12H,4-7H2,1-3H3,(H,11,13). The third-order valence-electron chi connectivity index (χ3n) is 2.20. The summed E-state index contributed by atoms with van der Waals surface area (Å²) in [5, 5.41) is 11.9. The van der Waals surface area contributed by atoms with Crippen molar-refractivity contribution in [2.24, 2.45) is 0 Å². The molecule has 0 aromatic rings. The SMILES string of the molecule is CC(C)(C)SCC(=O)NC1(CO)CC1. The summed E-state index contributed by atoms with van der Waals surface area (Å²) in [7, 11) is 0. The van der Waals surface area contributed by atoms with E-state index in [-0.39, 0.29) is 22.8 Å². The molecule has 1 aliphatic rings. The van der Waals surface area contributed by atoms with E-state index in [1.54, 1.807) is 11.8 Å². The number of amides is 1. The topological polar surface area (TPSA) is 49.3 Å². The summed E-state index contributed by atoms with van der Waals surface area (Å²) >= 11 is 1.63. The van der Waals surface area contributed by atoms with E-state index in [1.807, 2.05) is 0 Å². The van der Waals surface area contributed by atoms with Crippen molar-refractivity contribution in [3.05, 3.63) is 0 Å². The average molecular weight is 217 g/mol. The van der Waals surface area contributed by atoms with Crippen molar-refractivity contribution in [2.45, 2.75) is 43.9 Å². The second-order valence-corrected chi connectivity index (χ2v) is 6.69. The summed E-state index contributed by atoms with van der Waals surface area (Å²) < 4.78 is 0.118. The van der Waals surface area contributed by atoms with E-state index >= 15 is 0 Å². The molecule has 0 saturated heterocycles. The Morgan fingerprint density at radius 1 is 1.50 bits per heavy atom. The van der Waals surface area contributed by atoms with Gasteiger partial charge in [-0.2, -0.15) is 0 Å². The lowest BCUT2D eigenvalue weighted by molar-refractivity contribution is -0.119. The van der Waals surface area contributed by atoms with Crippen LogP contribution in [0.5, 0.6) is 0 Å². The number of hydrogen-bond donors (Lipinski definition) is 2. The van der Waals surface area contributed by atoms with Gasteiger partial charge in [0, 0.05) is 4.75 Å². The Kier molecular flexibility index (Phi) is 3.48. The summed E-state index contributed by atoms with van der Waals surface area (Å²) in [6.07, 6.45) is 1.82. The van der Waals surface area contributed by atoms with E-state index in [0.717, 1.165) is 12.8 Å². The molecule has 1 amide bonds. The maximum absolute atomic E-state index is 11.5. The van der Waals surface area contributed by atoms with Crippen LogP contribution in [0.2, 0.25) is 0 Å². The van der Waals surface area contributed by atoms with Gasteiger partial charge in [0.1, 0.15) is 0 Å². The summed E-state index contributed by atoms with van der Waals surface area (Å²) in [6.45, 7) is 6.33. The van der Waals surface area contributed by atoms with Crippen LogP contribution in [0, 0.1) is 0 Å². The maximum Gasteiger partial charge on any atom is 0.230 e. The first-order valence-corrected chi connectivity index (χ1v) is 5.91. The lowest BCUT2D eigenvalue weighted by atomic mass is 10.3. The first kappa shape index (κ1) is 11.9. The predicted molar refractivity (Wildman–Crippen MR) is 59.4 cm³/mol. The molecule has 0 aromatic heterocycles. The molecule has 0 atom stereocenters. The van der Waals surface area contributed by atoms with Gasteiger partial charge in [-0.05, 0) is 12.8 Å². The molecular weight excluding hydrogens is 198 g/mol. The number of thioether (sulfide) groups is 1. The maximum atomic E-state index is 11.5. The van der Waals surface area contributed by atoms with Crippen molar-refractivity contribution in [3.8, 4) is 0 Å². The fourth-order valence-corrected chi connectivity index (χ4v) is 1.72. The average Bonchev–Trinajstić information content (AvgIpc) is 2.81. The van der Waals surface area contributed by atoms with Gasteiger partial charge in [0.15, 0.2) is 0 Å². The van der Waals surface area contributed by atoms with Crippen LogP contribution in [0.3, 0.4) is 0 Å². The minimum atomic E-state index is -0.268. The lowest BCUT2D eigenvalue weighted by Crippen LogP contribution is -2.41. The van der Waals surface area contributed by atoms with Crippen LogP contribution in [-0.2, 0) is 4.79 Å². The number of carbonyl (C=O) groups excluding carboxylic acids is 1. The molecule has 0 aromatic carbocycles. The largest absolute Gasteiger partial charge is 0.394 e. The molecule has 0 bridgehead atoms. The van der Waals surface area contributed by atoms with Crippen LogP contribution in [-0.4, -0.2) is 33.7 Å². The Bertz CT molecular complexity index is 219. The van der Waals surface area contributed by atoms with Gasteiger partial charge in [0.2, 0.25) is 5.91 Å². The molecule has 3 nitrogen and oxygen atoms in total. The summed E-state index contributed by atoms with van der Waals surface area (Å²) in [6, 6.07) is 0. The van der Waals surface area contributed by atoms with E-state index in [0.29, 0.717) is 5.75 Å². The summed E-state index contributed by atoms with van der Waals surface area (Å²) in [5.41, 5.74) is -0.268. The molecule has 1 rings (SSSR count). The molecular formula is C10H19NO2S. The molecule has 1 aliphatic carbocycles. The van der Waals surface area contributed by atoms with Crippen LogP contribution in [0.4, 0.5) is 0 Å². The first-order valence-electron chi connectivity index (χ1n) is 4.93. The molecule has 0 aliphatic heterocycles. The number of aliphatic hydroxyl groups is 1. The third kappa shape index (κ3) is 3.88. The Labute approximate surface area is 89.6 Å². The van der Waals surface area contributed by atoms with Crippen LogP contribution in [0.1, 0.15) is 33.6 Å². The predicted octanol–water partition coefficient (Wildman–Crippen LogP) is 1.16. The number of carbonyl (C=O) groups is 1. The number of rotatable bonds is 4. The fraction of sp³-hybridized carbons (Fsp3) is 0.900. The molecule has 2 N–H and O–H groups in total. The molecule has 82 valence electrons. The van der Waals surface area contributed by atoms with Crippen molar-refractivity contribution in [1.82, 2.24) is 5.32 Å². The van der Waals surface area contributed by atoms with Gasteiger partial charge < -0.3 is 10.4 Å². The van der Waals surface area contributed by atoms with Crippen LogP contribution < -0.4 is 5.32 Å². The highest BCUT2D eigenvalue weighted by Crippen LogP contribution is 2.34. The first-order chi connectivity index (χ1) is 6.37. The van der Waals surface area contributed by atoms with E-state index in [4.69, 9.17) is 5.11 Å². The number of aliphatic hydroxyl groups excluding tert-OH is 1. The van der Waals surface area contributed by atoms with Crippen LogP contribution >= 0.6 is 11.8 Å².